The molecule has 0 aliphatic carbocycles. The van der Waals surface area contributed by atoms with Crippen molar-refractivity contribution < 1.29 is 9.84 Å². The van der Waals surface area contributed by atoms with E-state index in [4.69, 9.17) is 14.7 Å². The molecule has 0 atom stereocenters. The first kappa shape index (κ1) is 17.7. The maximum absolute atomic E-state index is 10.5. The highest BCUT2D eigenvalue weighted by Gasteiger charge is 2.25. The molecule has 0 bridgehead atoms. The molecule has 1 saturated heterocycles. The number of ether oxygens (including phenoxy) is 1. The Balaban J connectivity index is 1.67. The third kappa shape index (κ3) is 3.07. The van der Waals surface area contributed by atoms with Gasteiger partial charge in [0.2, 0.25) is 0 Å². The maximum Gasteiger partial charge on any atom is 0.163 e. The van der Waals surface area contributed by atoms with E-state index in [1.807, 2.05) is 12.3 Å². The van der Waals surface area contributed by atoms with E-state index in [2.05, 4.69) is 20.9 Å². The van der Waals surface area contributed by atoms with Crippen molar-refractivity contribution in [2.45, 2.75) is 25.9 Å². The minimum Gasteiger partial charge on any atom is -0.385 e. The standard InChI is InChI=1S/C20H21N5O2S/c1-20(2,26)15-10-14-16(28-15)19(25-5-7-27-8-6-25)24-18(23-14)13-9-12-3-4-21-17(12)22-11-13/h4,9-11,26H,3,5-8H2,1-2H3. The molecule has 0 amide bonds. The van der Waals surface area contributed by atoms with Crippen LogP contribution in [0.3, 0.4) is 0 Å². The maximum atomic E-state index is 10.5. The average Bonchev–Trinajstić information content (AvgIpc) is 3.33. The van der Waals surface area contributed by atoms with Crippen LogP contribution in [0, 0.1) is 0 Å². The van der Waals surface area contributed by atoms with E-state index < -0.39 is 5.60 Å². The van der Waals surface area contributed by atoms with Crippen LogP contribution in [0.15, 0.2) is 23.3 Å². The van der Waals surface area contributed by atoms with Gasteiger partial charge in [-0.3, -0.25) is 0 Å². The summed E-state index contributed by atoms with van der Waals surface area (Å²) in [5, 5.41) is 10.5. The second kappa shape index (κ2) is 6.58. The Morgan fingerprint density at radius 1 is 1.18 bits per heavy atom. The summed E-state index contributed by atoms with van der Waals surface area (Å²) in [6.45, 7) is 6.54. The number of anilines is 1. The lowest BCUT2D eigenvalue weighted by Gasteiger charge is -2.28. The molecule has 2 aliphatic heterocycles. The molecule has 5 heterocycles. The highest BCUT2D eigenvalue weighted by Crippen LogP contribution is 2.38. The van der Waals surface area contributed by atoms with Crippen molar-refractivity contribution >= 4 is 39.4 Å². The Hall–Kier alpha value is -2.42. The summed E-state index contributed by atoms with van der Waals surface area (Å²) < 4.78 is 6.51. The summed E-state index contributed by atoms with van der Waals surface area (Å²) in [4.78, 5) is 21.6. The molecule has 3 aromatic rings. The van der Waals surface area contributed by atoms with Crippen molar-refractivity contribution in [2.24, 2.45) is 4.99 Å². The third-order valence-electron chi connectivity index (χ3n) is 4.99. The molecule has 28 heavy (non-hydrogen) atoms. The predicted octanol–water partition coefficient (Wildman–Crippen LogP) is 3.08. The molecule has 0 saturated carbocycles. The van der Waals surface area contributed by atoms with Crippen LogP contribution in [0.4, 0.5) is 11.6 Å². The minimum atomic E-state index is -0.916. The van der Waals surface area contributed by atoms with E-state index >= 15 is 0 Å². The Bertz CT molecular complexity index is 1080. The largest absolute Gasteiger partial charge is 0.385 e. The number of thiophene rings is 1. The number of fused-ring (bicyclic) bond motifs is 2. The van der Waals surface area contributed by atoms with Crippen LogP contribution in [0.2, 0.25) is 0 Å². The Morgan fingerprint density at radius 2 is 2.00 bits per heavy atom. The number of aliphatic imine (C=N–C) groups is 1. The molecule has 0 unspecified atom stereocenters. The summed E-state index contributed by atoms with van der Waals surface area (Å²) in [7, 11) is 0. The second-order valence-corrected chi connectivity index (χ2v) is 8.63. The van der Waals surface area contributed by atoms with E-state index in [9.17, 15) is 5.11 Å². The lowest BCUT2D eigenvalue weighted by molar-refractivity contribution is 0.0826. The summed E-state index contributed by atoms with van der Waals surface area (Å²) in [5.41, 5.74) is 1.92. The molecule has 144 valence electrons. The molecule has 2 aliphatic rings. The summed E-state index contributed by atoms with van der Waals surface area (Å²) in [6, 6.07) is 4.04. The Morgan fingerprint density at radius 3 is 2.79 bits per heavy atom. The van der Waals surface area contributed by atoms with Gasteiger partial charge < -0.3 is 14.7 Å². The highest BCUT2D eigenvalue weighted by atomic mass is 32.1. The first-order valence-electron chi connectivity index (χ1n) is 9.38. The van der Waals surface area contributed by atoms with Crippen LogP contribution in [0.5, 0.6) is 0 Å². The van der Waals surface area contributed by atoms with Gasteiger partial charge in [-0.15, -0.1) is 11.3 Å². The number of nitrogens with zero attached hydrogens (tertiary/aromatic N) is 5. The van der Waals surface area contributed by atoms with E-state index in [1.54, 1.807) is 31.4 Å². The van der Waals surface area contributed by atoms with Gasteiger partial charge in [0.1, 0.15) is 0 Å². The molecule has 0 radical (unpaired) electrons. The molecule has 1 N–H and O–H groups in total. The van der Waals surface area contributed by atoms with Gasteiger partial charge in [0.25, 0.3) is 0 Å². The van der Waals surface area contributed by atoms with Crippen LogP contribution in [0.25, 0.3) is 21.6 Å². The van der Waals surface area contributed by atoms with Gasteiger partial charge in [-0.05, 0) is 26.0 Å². The van der Waals surface area contributed by atoms with Crippen LogP contribution in [-0.4, -0.2) is 52.6 Å². The molecule has 1 fully saturated rings. The van der Waals surface area contributed by atoms with Crippen molar-refractivity contribution in [3.05, 3.63) is 28.8 Å². The average molecular weight is 395 g/mol. The van der Waals surface area contributed by atoms with Crippen molar-refractivity contribution in [3.63, 3.8) is 0 Å². The number of aliphatic hydroxyl groups is 1. The molecule has 3 aromatic heterocycles. The molecule has 0 aromatic carbocycles. The fourth-order valence-electron chi connectivity index (χ4n) is 3.46. The molecule has 7 nitrogen and oxygen atoms in total. The third-order valence-corrected chi connectivity index (χ3v) is 6.43. The van der Waals surface area contributed by atoms with Gasteiger partial charge in [0.05, 0.1) is 29.0 Å². The fraction of sp³-hybridized carbons (Fsp3) is 0.400. The number of rotatable bonds is 3. The smallest absolute Gasteiger partial charge is 0.163 e. The number of aromatic nitrogens is 3. The zero-order valence-electron chi connectivity index (χ0n) is 15.8. The monoisotopic (exact) mass is 395 g/mol. The summed E-state index contributed by atoms with van der Waals surface area (Å²) >= 11 is 1.56. The second-order valence-electron chi connectivity index (χ2n) is 7.58. The van der Waals surface area contributed by atoms with Gasteiger partial charge in [-0.25, -0.2) is 19.9 Å². The van der Waals surface area contributed by atoms with Gasteiger partial charge in [0.15, 0.2) is 17.5 Å². The molecule has 8 heteroatoms. The van der Waals surface area contributed by atoms with E-state index in [-0.39, 0.29) is 0 Å². The normalized spacial score (nSPS) is 16.8. The number of pyridine rings is 1. The number of morpholine rings is 1. The minimum absolute atomic E-state index is 0.649. The zero-order chi connectivity index (χ0) is 19.3. The van der Waals surface area contributed by atoms with Crippen molar-refractivity contribution in [1.29, 1.82) is 0 Å². The van der Waals surface area contributed by atoms with Gasteiger partial charge in [-0.1, -0.05) is 0 Å². The lowest BCUT2D eigenvalue weighted by atomic mass is 10.1. The van der Waals surface area contributed by atoms with Crippen molar-refractivity contribution in [3.8, 4) is 11.4 Å². The van der Waals surface area contributed by atoms with Crippen molar-refractivity contribution in [2.75, 3.05) is 31.2 Å². The first-order chi connectivity index (χ1) is 13.5. The Kier molecular flexibility index (Phi) is 4.15. The van der Waals surface area contributed by atoms with Crippen LogP contribution in [-0.2, 0) is 16.8 Å². The molecular formula is C20H21N5O2S. The predicted molar refractivity (Wildman–Crippen MR) is 111 cm³/mol. The number of hydrogen-bond donors (Lipinski definition) is 1. The topological polar surface area (TPSA) is 83.7 Å². The van der Waals surface area contributed by atoms with E-state index in [0.717, 1.165) is 57.4 Å². The van der Waals surface area contributed by atoms with Gasteiger partial charge in [-0.2, -0.15) is 0 Å². The summed E-state index contributed by atoms with van der Waals surface area (Å²) in [5.74, 6) is 2.33. The lowest BCUT2D eigenvalue weighted by Crippen LogP contribution is -2.36. The van der Waals surface area contributed by atoms with E-state index in [1.165, 1.54) is 0 Å². The number of hydrogen-bond acceptors (Lipinski definition) is 8. The molecule has 5 rings (SSSR count). The van der Waals surface area contributed by atoms with E-state index in [0.29, 0.717) is 19.0 Å². The summed E-state index contributed by atoms with van der Waals surface area (Å²) in [6.07, 6.45) is 4.45. The van der Waals surface area contributed by atoms with Gasteiger partial charge in [0, 0.05) is 47.9 Å². The fourth-order valence-corrected chi connectivity index (χ4v) is 4.57. The van der Waals surface area contributed by atoms with Gasteiger partial charge >= 0.3 is 0 Å². The highest BCUT2D eigenvalue weighted by molar-refractivity contribution is 7.19. The SMILES string of the molecule is CC(C)(O)c1cc2nc(-c3cnc4c(c3)CC=N4)nc(N3CCOCC3)c2s1. The van der Waals surface area contributed by atoms with Crippen molar-refractivity contribution in [1.82, 2.24) is 15.0 Å². The van der Waals surface area contributed by atoms with Crippen LogP contribution in [0.1, 0.15) is 24.3 Å². The Labute approximate surface area is 166 Å². The van der Waals surface area contributed by atoms with Crippen LogP contribution >= 0.6 is 11.3 Å². The quantitative estimate of drug-likeness (QED) is 0.734. The first-order valence-corrected chi connectivity index (χ1v) is 10.2. The molecular weight excluding hydrogens is 374 g/mol. The van der Waals surface area contributed by atoms with Crippen LogP contribution < -0.4 is 4.90 Å². The zero-order valence-corrected chi connectivity index (χ0v) is 16.7. The molecule has 0 spiro atoms.